The van der Waals surface area contributed by atoms with Crippen molar-refractivity contribution in [1.82, 2.24) is 0 Å². The third-order valence-electron chi connectivity index (χ3n) is 2.86. The van der Waals surface area contributed by atoms with Crippen molar-refractivity contribution < 1.29 is 8.78 Å². The van der Waals surface area contributed by atoms with Gasteiger partial charge in [-0.1, -0.05) is 51.1 Å². The first-order valence-corrected chi connectivity index (χ1v) is 5.12. The Balaban J connectivity index is 2.99. The highest BCUT2D eigenvalue weighted by molar-refractivity contribution is 5.24. The molecule has 0 amide bonds. The highest BCUT2D eigenvalue weighted by atomic mass is 19.3. The Labute approximate surface area is 90.3 Å². The second-order valence-corrected chi connectivity index (χ2v) is 4.34. The third kappa shape index (κ3) is 2.55. The predicted molar refractivity (Wildman–Crippen MR) is 58.9 cm³/mol. The van der Waals surface area contributed by atoms with Crippen LogP contribution in [0.15, 0.2) is 30.3 Å². The van der Waals surface area contributed by atoms with Gasteiger partial charge in [0.15, 0.2) is 0 Å². The zero-order valence-electron chi connectivity index (χ0n) is 9.37. The number of benzene rings is 1. The van der Waals surface area contributed by atoms with Crippen LogP contribution in [0.2, 0.25) is 0 Å². The van der Waals surface area contributed by atoms with E-state index in [1.54, 1.807) is 13.8 Å². The summed E-state index contributed by atoms with van der Waals surface area (Å²) >= 11 is 0. The maximum Gasteiger partial charge on any atom is 0.244 e. The van der Waals surface area contributed by atoms with Gasteiger partial charge in [-0.15, -0.1) is 0 Å². The minimum absolute atomic E-state index is 0.210. The quantitative estimate of drug-likeness (QED) is 0.697. The Kier molecular flexibility index (Phi) is 3.83. The van der Waals surface area contributed by atoms with Crippen LogP contribution in [0.25, 0.3) is 0 Å². The van der Waals surface area contributed by atoms with Crippen molar-refractivity contribution in [3.8, 4) is 0 Å². The fourth-order valence-electron chi connectivity index (χ4n) is 1.85. The van der Waals surface area contributed by atoms with E-state index in [2.05, 4.69) is 0 Å². The van der Waals surface area contributed by atoms with Gasteiger partial charge >= 0.3 is 0 Å². The molecule has 0 saturated heterocycles. The largest absolute Gasteiger partial charge is 0.244 e. The lowest BCUT2D eigenvalue weighted by atomic mass is 9.74. The fraction of sp³-hybridized carbons (Fsp3) is 0.462. The molecular weight excluding hydrogens is 194 g/mol. The Hall–Kier alpha value is -0.920. The van der Waals surface area contributed by atoms with Crippen molar-refractivity contribution in [2.75, 3.05) is 0 Å². The number of alkyl halides is 2. The summed E-state index contributed by atoms with van der Waals surface area (Å²) in [5.41, 5.74) is -0.0684. The predicted octanol–water partition coefficient (Wildman–Crippen LogP) is 4.29. The molecule has 0 aromatic heterocycles. The van der Waals surface area contributed by atoms with Gasteiger partial charge in [-0.05, 0) is 17.9 Å². The van der Waals surface area contributed by atoms with Crippen LogP contribution in [0.1, 0.15) is 32.3 Å². The van der Waals surface area contributed by atoms with Gasteiger partial charge < -0.3 is 0 Å². The third-order valence-corrected chi connectivity index (χ3v) is 2.86. The van der Waals surface area contributed by atoms with Gasteiger partial charge in [0.1, 0.15) is 0 Å². The molecule has 0 bridgehead atoms. The average molecular weight is 211 g/mol. The molecule has 1 atom stereocenters. The van der Waals surface area contributed by atoms with Gasteiger partial charge in [-0.3, -0.25) is 0 Å². The zero-order valence-corrected chi connectivity index (χ0v) is 9.37. The SMILES string of the molecule is C[CH]C(c1ccccc1)C(C)(C)C(F)F. The second kappa shape index (κ2) is 4.73. The van der Waals surface area contributed by atoms with Crippen molar-refractivity contribution in [3.05, 3.63) is 42.3 Å². The van der Waals surface area contributed by atoms with Gasteiger partial charge in [0, 0.05) is 5.41 Å². The maximum atomic E-state index is 12.9. The summed E-state index contributed by atoms with van der Waals surface area (Å²) in [5, 5.41) is 0. The summed E-state index contributed by atoms with van der Waals surface area (Å²) in [5.74, 6) is -0.210. The molecule has 0 N–H and O–H groups in total. The number of halogens is 2. The van der Waals surface area contributed by atoms with Crippen LogP contribution in [0, 0.1) is 11.8 Å². The van der Waals surface area contributed by atoms with Crippen LogP contribution in [-0.4, -0.2) is 6.43 Å². The number of hydrogen-bond donors (Lipinski definition) is 0. The molecule has 1 aromatic carbocycles. The van der Waals surface area contributed by atoms with Gasteiger partial charge in [0.2, 0.25) is 6.43 Å². The van der Waals surface area contributed by atoms with Crippen LogP contribution in [0.3, 0.4) is 0 Å². The first-order valence-electron chi connectivity index (χ1n) is 5.12. The summed E-state index contributed by atoms with van der Waals surface area (Å²) < 4.78 is 25.8. The Morgan fingerprint density at radius 3 is 2.07 bits per heavy atom. The Morgan fingerprint density at radius 2 is 1.67 bits per heavy atom. The smallest absolute Gasteiger partial charge is 0.210 e. The number of hydrogen-bond acceptors (Lipinski definition) is 0. The molecule has 83 valence electrons. The molecule has 0 heterocycles. The van der Waals surface area contributed by atoms with Gasteiger partial charge in [0.25, 0.3) is 0 Å². The molecule has 2 heteroatoms. The summed E-state index contributed by atoms with van der Waals surface area (Å²) in [6, 6.07) is 9.45. The van der Waals surface area contributed by atoms with Crippen LogP contribution in [0.4, 0.5) is 8.78 Å². The van der Waals surface area contributed by atoms with Crippen LogP contribution in [0.5, 0.6) is 0 Å². The molecule has 1 rings (SSSR count). The first kappa shape index (κ1) is 12.2. The van der Waals surface area contributed by atoms with Crippen molar-refractivity contribution in [2.24, 2.45) is 5.41 Å². The molecule has 0 fully saturated rings. The van der Waals surface area contributed by atoms with E-state index in [-0.39, 0.29) is 5.92 Å². The van der Waals surface area contributed by atoms with E-state index in [4.69, 9.17) is 0 Å². The molecule has 0 spiro atoms. The topological polar surface area (TPSA) is 0 Å². The van der Waals surface area contributed by atoms with Crippen molar-refractivity contribution in [1.29, 1.82) is 0 Å². The molecule has 0 aliphatic carbocycles. The monoisotopic (exact) mass is 211 g/mol. The minimum atomic E-state index is -2.32. The maximum absolute atomic E-state index is 12.9. The second-order valence-electron chi connectivity index (χ2n) is 4.34. The Bertz CT molecular complexity index is 291. The van der Waals surface area contributed by atoms with Crippen LogP contribution < -0.4 is 0 Å². The summed E-state index contributed by atoms with van der Waals surface area (Å²) in [4.78, 5) is 0. The van der Waals surface area contributed by atoms with Crippen molar-refractivity contribution in [2.45, 2.75) is 33.1 Å². The summed E-state index contributed by atoms with van der Waals surface area (Å²) in [6.45, 7) is 5.05. The van der Waals surface area contributed by atoms with E-state index in [0.717, 1.165) is 5.56 Å². The van der Waals surface area contributed by atoms with Gasteiger partial charge in [0.05, 0.1) is 0 Å². The fourth-order valence-corrected chi connectivity index (χ4v) is 1.85. The molecule has 1 unspecified atom stereocenters. The lowest BCUT2D eigenvalue weighted by Crippen LogP contribution is -2.30. The highest BCUT2D eigenvalue weighted by Gasteiger charge is 2.37. The standard InChI is InChI=1S/C13H17F2/c1-4-11(13(2,3)12(14)15)10-8-6-5-7-9-10/h4-9,11-12H,1-3H3. The lowest BCUT2D eigenvalue weighted by molar-refractivity contribution is 0.00721. The zero-order chi connectivity index (χ0) is 11.5. The van der Waals surface area contributed by atoms with E-state index >= 15 is 0 Å². The number of rotatable bonds is 4. The summed E-state index contributed by atoms with van der Waals surface area (Å²) in [7, 11) is 0. The molecule has 1 aromatic rings. The van der Waals surface area contributed by atoms with E-state index < -0.39 is 11.8 Å². The Morgan fingerprint density at radius 1 is 1.13 bits per heavy atom. The minimum Gasteiger partial charge on any atom is -0.210 e. The van der Waals surface area contributed by atoms with Crippen LogP contribution >= 0.6 is 0 Å². The van der Waals surface area contributed by atoms with E-state index in [1.165, 1.54) is 0 Å². The molecule has 0 saturated carbocycles. The van der Waals surface area contributed by atoms with E-state index in [0.29, 0.717) is 0 Å². The highest BCUT2D eigenvalue weighted by Crippen LogP contribution is 2.41. The molecule has 0 nitrogen and oxygen atoms in total. The van der Waals surface area contributed by atoms with Crippen LogP contribution in [-0.2, 0) is 0 Å². The van der Waals surface area contributed by atoms with Crippen molar-refractivity contribution in [3.63, 3.8) is 0 Å². The van der Waals surface area contributed by atoms with E-state index in [9.17, 15) is 8.78 Å². The van der Waals surface area contributed by atoms with Crippen molar-refractivity contribution >= 4 is 0 Å². The van der Waals surface area contributed by atoms with Gasteiger partial charge in [-0.25, -0.2) is 8.78 Å². The lowest BCUT2D eigenvalue weighted by Gasteiger charge is -2.33. The summed E-state index contributed by atoms with van der Waals surface area (Å²) in [6.07, 6.45) is -0.472. The molecule has 15 heavy (non-hydrogen) atoms. The molecule has 0 aliphatic heterocycles. The molecule has 0 aliphatic rings. The van der Waals surface area contributed by atoms with Gasteiger partial charge in [-0.2, -0.15) is 0 Å². The molecular formula is C13H17F2. The average Bonchev–Trinajstić information content (AvgIpc) is 2.19. The first-order chi connectivity index (χ1) is 7.00. The molecule has 1 radical (unpaired) electrons. The normalized spacial score (nSPS) is 14.3. The van der Waals surface area contributed by atoms with E-state index in [1.807, 2.05) is 43.7 Å².